The molecule has 1 aliphatic heterocycles. The normalized spacial score (nSPS) is 14.4. The van der Waals surface area contributed by atoms with Gasteiger partial charge in [-0.1, -0.05) is 19.1 Å². The second kappa shape index (κ2) is 8.44. The van der Waals surface area contributed by atoms with E-state index in [2.05, 4.69) is 51.0 Å². The molecule has 146 valence electrons. The van der Waals surface area contributed by atoms with Crippen molar-refractivity contribution in [3.05, 3.63) is 59.9 Å². The summed E-state index contributed by atoms with van der Waals surface area (Å²) < 4.78 is 7.46. The standard InChI is InChI=1S/C22H26N4O2/c1-2-10-26-16-20(19-4-3-9-23-21(19)26)22(27)24-15-17-5-7-18(8-6-17)25-11-13-28-14-12-25/h3-9,16H,2,10-15H2,1H3,(H,24,27). The molecule has 28 heavy (non-hydrogen) atoms. The van der Waals surface area contributed by atoms with E-state index in [1.54, 1.807) is 6.20 Å². The topological polar surface area (TPSA) is 59.4 Å². The number of aryl methyl sites for hydroxylation is 1. The zero-order valence-corrected chi connectivity index (χ0v) is 16.2. The third-order valence-electron chi connectivity index (χ3n) is 5.11. The van der Waals surface area contributed by atoms with Gasteiger partial charge in [-0.3, -0.25) is 4.79 Å². The van der Waals surface area contributed by atoms with E-state index in [9.17, 15) is 4.79 Å². The lowest BCUT2D eigenvalue weighted by Crippen LogP contribution is -2.36. The summed E-state index contributed by atoms with van der Waals surface area (Å²) in [6, 6.07) is 12.2. The van der Waals surface area contributed by atoms with Gasteiger partial charge < -0.3 is 19.5 Å². The Bertz CT molecular complexity index is 943. The summed E-state index contributed by atoms with van der Waals surface area (Å²) in [5, 5.41) is 3.95. The van der Waals surface area contributed by atoms with Gasteiger partial charge in [0.25, 0.3) is 5.91 Å². The Kier molecular flexibility index (Phi) is 5.58. The number of ether oxygens (including phenoxy) is 1. The fraction of sp³-hybridized carbons (Fsp3) is 0.364. The second-order valence-electron chi connectivity index (χ2n) is 7.06. The number of benzene rings is 1. The zero-order valence-electron chi connectivity index (χ0n) is 16.2. The van der Waals surface area contributed by atoms with Gasteiger partial charge in [0.15, 0.2) is 0 Å². The molecule has 4 rings (SSSR count). The molecule has 2 aromatic heterocycles. The Labute approximate surface area is 165 Å². The molecule has 1 saturated heterocycles. The monoisotopic (exact) mass is 378 g/mol. The molecule has 0 saturated carbocycles. The van der Waals surface area contributed by atoms with Crippen LogP contribution in [-0.2, 0) is 17.8 Å². The third kappa shape index (κ3) is 3.87. The van der Waals surface area contributed by atoms with Crippen molar-refractivity contribution in [3.8, 4) is 0 Å². The summed E-state index contributed by atoms with van der Waals surface area (Å²) in [7, 11) is 0. The van der Waals surface area contributed by atoms with E-state index < -0.39 is 0 Å². The molecular weight excluding hydrogens is 352 g/mol. The Morgan fingerprint density at radius 3 is 2.71 bits per heavy atom. The first-order valence-corrected chi connectivity index (χ1v) is 9.90. The summed E-state index contributed by atoms with van der Waals surface area (Å²) in [6.45, 7) is 6.87. The highest BCUT2D eigenvalue weighted by Crippen LogP contribution is 2.20. The number of aromatic nitrogens is 2. The lowest BCUT2D eigenvalue weighted by molar-refractivity contribution is 0.0952. The maximum atomic E-state index is 12.8. The molecule has 1 aliphatic rings. The summed E-state index contributed by atoms with van der Waals surface area (Å²) >= 11 is 0. The molecule has 0 aliphatic carbocycles. The summed E-state index contributed by atoms with van der Waals surface area (Å²) in [5.74, 6) is -0.0647. The minimum Gasteiger partial charge on any atom is -0.378 e. The van der Waals surface area contributed by atoms with Crippen LogP contribution in [0.4, 0.5) is 5.69 Å². The smallest absolute Gasteiger partial charge is 0.253 e. The quantitative estimate of drug-likeness (QED) is 0.716. The van der Waals surface area contributed by atoms with Crippen molar-refractivity contribution in [2.75, 3.05) is 31.2 Å². The van der Waals surface area contributed by atoms with Crippen LogP contribution in [0.15, 0.2) is 48.8 Å². The number of anilines is 1. The van der Waals surface area contributed by atoms with Crippen LogP contribution in [-0.4, -0.2) is 41.8 Å². The SMILES string of the molecule is CCCn1cc(C(=O)NCc2ccc(N3CCOCC3)cc2)c2cccnc21. The van der Waals surface area contributed by atoms with Crippen LogP contribution in [0.1, 0.15) is 29.3 Å². The van der Waals surface area contributed by atoms with Crippen LogP contribution in [0.2, 0.25) is 0 Å². The summed E-state index contributed by atoms with van der Waals surface area (Å²) in [4.78, 5) is 19.6. The number of nitrogens with zero attached hydrogens (tertiary/aromatic N) is 3. The predicted molar refractivity (Wildman–Crippen MR) is 111 cm³/mol. The van der Waals surface area contributed by atoms with E-state index in [4.69, 9.17) is 4.74 Å². The fourth-order valence-corrected chi connectivity index (χ4v) is 3.64. The number of carbonyl (C=O) groups is 1. The Morgan fingerprint density at radius 2 is 1.96 bits per heavy atom. The number of hydrogen-bond donors (Lipinski definition) is 1. The van der Waals surface area contributed by atoms with E-state index in [1.165, 1.54) is 5.69 Å². The molecule has 1 fully saturated rings. The van der Waals surface area contributed by atoms with Gasteiger partial charge >= 0.3 is 0 Å². The molecule has 0 spiro atoms. The maximum Gasteiger partial charge on any atom is 0.253 e. The largest absolute Gasteiger partial charge is 0.378 e. The Hall–Kier alpha value is -2.86. The van der Waals surface area contributed by atoms with Crippen molar-refractivity contribution >= 4 is 22.6 Å². The molecular formula is C22H26N4O2. The Morgan fingerprint density at radius 1 is 1.18 bits per heavy atom. The summed E-state index contributed by atoms with van der Waals surface area (Å²) in [6.07, 6.45) is 4.68. The average molecular weight is 378 g/mol. The van der Waals surface area contributed by atoms with Crippen LogP contribution in [0.5, 0.6) is 0 Å². The number of carbonyl (C=O) groups excluding carboxylic acids is 1. The van der Waals surface area contributed by atoms with Gasteiger partial charge in [0.05, 0.1) is 18.8 Å². The van der Waals surface area contributed by atoms with Gasteiger partial charge in [-0.2, -0.15) is 0 Å². The van der Waals surface area contributed by atoms with Gasteiger partial charge in [-0.15, -0.1) is 0 Å². The minimum atomic E-state index is -0.0647. The van der Waals surface area contributed by atoms with Crippen LogP contribution >= 0.6 is 0 Å². The highest BCUT2D eigenvalue weighted by atomic mass is 16.5. The van der Waals surface area contributed by atoms with Crippen molar-refractivity contribution in [2.24, 2.45) is 0 Å². The molecule has 0 atom stereocenters. The van der Waals surface area contributed by atoms with Crippen molar-refractivity contribution in [1.82, 2.24) is 14.9 Å². The van der Waals surface area contributed by atoms with Gasteiger partial charge in [-0.05, 0) is 36.2 Å². The van der Waals surface area contributed by atoms with E-state index >= 15 is 0 Å². The lowest BCUT2D eigenvalue weighted by atomic mass is 10.1. The molecule has 1 N–H and O–H groups in total. The van der Waals surface area contributed by atoms with Gasteiger partial charge in [0.1, 0.15) is 5.65 Å². The number of rotatable bonds is 6. The number of hydrogen-bond acceptors (Lipinski definition) is 4. The number of morpholine rings is 1. The molecule has 3 heterocycles. The van der Waals surface area contributed by atoms with Crippen LogP contribution in [0.25, 0.3) is 11.0 Å². The highest BCUT2D eigenvalue weighted by molar-refractivity contribution is 6.06. The molecule has 3 aromatic rings. The predicted octanol–water partition coefficient (Wildman–Crippen LogP) is 3.21. The first-order valence-electron chi connectivity index (χ1n) is 9.90. The van der Waals surface area contributed by atoms with Crippen molar-refractivity contribution in [3.63, 3.8) is 0 Å². The van der Waals surface area contributed by atoms with Gasteiger partial charge in [-0.25, -0.2) is 4.98 Å². The fourth-order valence-electron chi connectivity index (χ4n) is 3.64. The van der Waals surface area contributed by atoms with E-state index in [0.717, 1.165) is 55.9 Å². The first-order chi connectivity index (χ1) is 13.8. The van der Waals surface area contributed by atoms with E-state index in [1.807, 2.05) is 18.3 Å². The molecule has 0 radical (unpaired) electrons. The molecule has 1 aromatic carbocycles. The van der Waals surface area contributed by atoms with Crippen LogP contribution in [0.3, 0.4) is 0 Å². The van der Waals surface area contributed by atoms with Gasteiger partial charge in [0, 0.05) is 49.6 Å². The lowest BCUT2D eigenvalue weighted by Gasteiger charge is -2.28. The molecule has 1 amide bonds. The highest BCUT2D eigenvalue weighted by Gasteiger charge is 2.15. The number of fused-ring (bicyclic) bond motifs is 1. The van der Waals surface area contributed by atoms with Crippen molar-refractivity contribution in [1.29, 1.82) is 0 Å². The number of nitrogens with one attached hydrogen (secondary N) is 1. The first kappa shape index (κ1) is 18.5. The van der Waals surface area contributed by atoms with E-state index in [-0.39, 0.29) is 5.91 Å². The molecule has 6 nitrogen and oxygen atoms in total. The molecule has 6 heteroatoms. The van der Waals surface area contributed by atoms with Crippen LogP contribution < -0.4 is 10.2 Å². The third-order valence-corrected chi connectivity index (χ3v) is 5.11. The average Bonchev–Trinajstić information content (AvgIpc) is 3.12. The van der Waals surface area contributed by atoms with Gasteiger partial charge in [0.2, 0.25) is 0 Å². The molecule has 0 unspecified atom stereocenters. The second-order valence-corrected chi connectivity index (χ2v) is 7.06. The van der Waals surface area contributed by atoms with E-state index in [0.29, 0.717) is 12.1 Å². The summed E-state index contributed by atoms with van der Waals surface area (Å²) in [5.41, 5.74) is 3.83. The maximum absolute atomic E-state index is 12.8. The van der Waals surface area contributed by atoms with Crippen molar-refractivity contribution in [2.45, 2.75) is 26.4 Å². The number of pyridine rings is 1. The van der Waals surface area contributed by atoms with Crippen molar-refractivity contribution < 1.29 is 9.53 Å². The Balaban J connectivity index is 1.44. The molecule has 0 bridgehead atoms. The van der Waals surface area contributed by atoms with Crippen LogP contribution in [0, 0.1) is 0 Å². The zero-order chi connectivity index (χ0) is 19.3. The minimum absolute atomic E-state index is 0.0647. The number of amides is 1.